The minimum Gasteiger partial charge on any atom is -0.473 e. The molecule has 3 nitrogen and oxygen atoms in total. The lowest BCUT2D eigenvalue weighted by molar-refractivity contribution is 0.286. The molecule has 19 heavy (non-hydrogen) atoms. The molecule has 0 amide bonds. The molecular formula is C16H10N2O. The van der Waals surface area contributed by atoms with Gasteiger partial charge in [-0.15, -0.1) is 0 Å². The van der Waals surface area contributed by atoms with E-state index in [2.05, 4.69) is 51.8 Å². The maximum atomic E-state index is 5.78. The Kier molecular flexibility index (Phi) is 1.51. The largest absolute Gasteiger partial charge is 0.473 e. The number of para-hydroxylation sites is 1. The molecule has 0 saturated heterocycles. The molecule has 0 saturated carbocycles. The molecular weight excluding hydrogens is 236 g/mol. The summed E-state index contributed by atoms with van der Waals surface area (Å²) in [4.78, 5) is 4.54. The smallest absolute Gasteiger partial charge is 0.219 e. The van der Waals surface area contributed by atoms with Crippen LogP contribution in [0.3, 0.4) is 0 Å². The zero-order valence-electron chi connectivity index (χ0n) is 10.1. The van der Waals surface area contributed by atoms with Crippen molar-refractivity contribution in [3.63, 3.8) is 0 Å². The fourth-order valence-corrected chi connectivity index (χ4v) is 3.10. The van der Waals surface area contributed by atoms with Crippen molar-refractivity contribution in [3.05, 3.63) is 54.2 Å². The Labute approximate surface area is 109 Å². The fraction of sp³-hybridized carbons (Fsp3) is 0.0625. The number of rotatable bonds is 0. The normalized spacial score (nSPS) is 13.5. The Morgan fingerprint density at radius 3 is 2.74 bits per heavy atom. The van der Waals surface area contributed by atoms with Gasteiger partial charge in [0, 0.05) is 16.3 Å². The van der Waals surface area contributed by atoms with Crippen LogP contribution in [0.4, 0.5) is 0 Å². The molecule has 1 aliphatic heterocycles. The number of ether oxygens (including phenoxy) is 1. The number of hydrogen-bond acceptors (Lipinski definition) is 2. The van der Waals surface area contributed by atoms with Crippen LogP contribution in [0.15, 0.2) is 48.7 Å². The van der Waals surface area contributed by atoms with Gasteiger partial charge >= 0.3 is 0 Å². The molecule has 0 spiro atoms. The van der Waals surface area contributed by atoms with Crippen molar-refractivity contribution in [1.82, 2.24) is 9.38 Å². The molecule has 0 aliphatic carbocycles. The van der Waals surface area contributed by atoms with Gasteiger partial charge in [-0.3, -0.25) is 4.40 Å². The minimum absolute atomic E-state index is 0.622. The molecule has 0 bridgehead atoms. The second-order valence-electron chi connectivity index (χ2n) is 4.90. The maximum Gasteiger partial charge on any atom is 0.219 e. The third-order valence-electron chi connectivity index (χ3n) is 3.91. The lowest BCUT2D eigenvalue weighted by Crippen LogP contribution is -2.07. The van der Waals surface area contributed by atoms with Crippen molar-refractivity contribution < 1.29 is 4.74 Å². The first-order valence-electron chi connectivity index (χ1n) is 6.36. The quantitative estimate of drug-likeness (QED) is 0.444. The van der Waals surface area contributed by atoms with E-state index in [-0.39, 0.29) is 0 Å². The molecule has 0 N–H and O–H groups in total. The molecule has 2 aromatic heterocycles. The molecule has 5 rings (SSSR count). The van der Waals surface area contributed by atoms with Crippen molar-refractivity contribution in [1.29, 1.82) is 0 Å². The molecule has 3 heterocycles. The van der Waals surface area contributed by atoms with E-state index in [1.807, 2.05) is 6.20 Å². The molecule has 0 radical (unpaired) electrons. The number of pyridine rings is 1. The van der Waals surface area contributed by atoms with Gasteiger partial charge in [-0.2, -0.15) is 0 Å². The standard InChI is InChI=1S/C16H10N2O/c1-2-6-13-11(5-1)12-7-3-4-10-9-19-14-8-17-16(13)18(14)15(10)12/h1-8H,9H2. The number of imidazole rings is 1. The van der Waals surface area contributed by atoms with Gasteiger partial charge < -0.3 is 4.74 Å². The number of nitrogens with zero attached hydrogens (tertiary/aromatic N) is 2. The zero-order valence-corrected chi connectivity index (χ0v) is 10.1. The highest BCUT2D eigenvalue weighted by Crippen LogP contribution is 2.36. The maximum absolute atomic E-state index is 5.78. The Balaban J connectivity index is 2.27. The van der Waals surface area contributed by atoms with E-state index in [0.29, 0.717) is 6.61 Å². The van der Waals surface area contributed by atoms with Crippen LogP contribution < -0.4 is 4.74 Å². The summed E-state index contributed by atoms with van der Waals surface area (Å²) in [5, 5.41) is 3.69. The predicted octanol–water partition coefficient (Wildman–Crippen LogP) is 3.53. The van der Waals surface area contributed by atoms with E-state index >= 15 is 0 Å². The van der Waals surface area contributed by atoms with Crippen molar-refractivity contribution in [2.45, 2.75) is 6.61 Å². The van der Waals surface area contributed by atoms with E-state index < -0.39 is 0 Å². The molecule has 0 unspecified atom stereocenters. The lowest BCUT2D eigenvalue weighted by atomic mass is 10.0. The third kappa shape index (κ3) is 1.02. The molecule has 2 aromatic carbocycles. The summed E-state index contributed by atoms with van der Waals surface area (Å²) < 4.78 is 7.91. The topological polar surface area (TPSA) is 26.5 Å². The Hall–Kier alpha value is -2.55. The number of benzene rings is 2. The average molecular weight is 246 g/mol. The monoisotopic (exact) mass is 246 g/mol. The van der Waals surface area contributed by atoms with Crippen molar-refractivity contribution in [3.8, 4) is 5.88 Å². The summed E-state index contributed by atoms with van der Waals surface area (Å²) >= 11 is 0. The van der Waals surface area contributed by atoms with Crippen LogP contribution in [0.2, 0.25) is 0 Å². The number of fused-ring (bicyclic) bond motifs is 3. The molecule has 90 valence electrons. The van der Waals surface area contributed by atoms with Crippen molar-refractivity contribution >= 4 is 27.3 Å². The van der Waals surface area contributed by atoms with Crippen LogP contribution in [0.1, 0.15) is 5.56 Å². The molecule has 1 aliphatic rings. The van der Waals surface area contributed by atoms with Gasteiger partial charge in [-0.25, -0.2) is 4.98 Å². The van der Waals surface area contributed by atoms with Crippen molar-refractivity contribution in [2.24, 2.45) is 0 Å². The highest BCUT2D eigenvalue weighted by molar-refractivity contribution is 6.12. The number of aromatic nitrogens is 2. The fourth-order valence-electron chi connectivity index (χ4n) is 3.10. The van der Waals surface area contributed by atoms with E-state index in [1.54, 1.807) is 0 Å². The first-order chi connectivity index (χ1) is 9.43. The van der Waals surface area contributed by atoms with Crippen LogP contribution in [0.25, 0.3) is 27.3 Å². The van der Waals surface area contributed by atoms with Gasteiger partial charge in [-0.1, -0.05) is 42.5 Å². The molecule has 0 fully saturated rings. The average Bonchev–Trinajstić information content (AvgIpc) is 2.91. The van der Waals surface area contributed by atoms with Crippen molar-refractivity contribution in [2.75, 3.05) is 0 Å². The summed E-state index contributed by atoms with van der Waals surface area (Å²) in [5.41, 5.74) is 3.43. The van der Waals surface area contributed by atoms with Gasteiger partial charge in [0.25, 0.3) is 0 Å². The van der Waals surface area contributed by atoms with Crippen LogP contribution in [-0.4, -0.2) is 9.38 Å². The second kappa shape index (κ2) is 3.06. The SMILES string of the molecule is c1ccc2c(c1)c1cccc3c1n1c(cnc21)OC3. The minimum atomic E-state index is 0.622. The molecule has 3 heteroatoms. The van der Waals surface area contributed by atoms with E-state index in [4.69, 9.17) is 4.74 Å². The summed E-state index contributed by atoms with van der Waals surface area (Å²) in [5.74, 6) is 0.837. The number of hydrogen-bond donors (Lipinski definition) is 0. The molecule has 0 atom stereocenters. The van der Waals surface area contributed by atoms with Crippen LogP contribution in [-0.2, 0) is 6.61 Å². The van der Waals surface area contributed by atoms with Gasteiger partial charge in [0.05, 0.1) is 11.7 Å². The summed E-state index contributed by atoms with van der Waals surface area (Å²) in [6, 6.07) is 14.8. The van der Waals surface area contributed by atoms with E-state index in [0.717, 1.165) is 11.5 Å². The first kappa shape index (κ1) is 9.39. The highest BCUT2D eigenvalue weighted by atomic mass is 16.5. The summed E-state index contributed by atoms with van der Waals surface area (Å²) in [6.45, 7) is 0.622. The highest BCUT2D eigenvalue weighted by Gasteiger charge is 2.19. The summed E-state index contributed by atoms with van der Waals surface area (Å²) in [6.07, 6.45) is 1.82. The first-order valence-corrected chi connectivity index (χ1v) is 6.36. The third-order valence-corrected chi connectivity index (χ3v) is 3.91. The van der Waals surface area contributed by atoms with Crippen LogP contribution >= 0.6 is 0 Å². The Morgan fingerprint density at radius 2 is 1.79 bits per heavy atom. The molecule has 4 aromatic rings. The van der Waals surface area contributed by atoms with Gasteiger partial charge in [0.2, 0.25) is 5.88 Å². The Morgan fingerprint density at radius 1 is 0.947 bits per heavy atom. The van der Waals surface area contributed by atoms with E-state index in [1.165, 1.54) is 27.2 Å². The summed E-state index contributed by atoms with van der Waals surface area (Å²) in [7, 11) is 0. The van der Waals surface area contributed by atoms with E-state index in [9.17, 15) is 0 Å². The van der Waals surface area contributed by atoms with Gasteiger partial charge in [-0.05, 0) is 5.39 Å². The van der Waals surface area contributed by atoms with Crippen LogP contribution in [0.5, 0.6) is 5.88 Å². The lowest BCUT2D eigenvalue weighted by Gasteiger charge is -2.18. The zero-order chi connectivity index (χ0) is 12.4. The second-order valence-corrected chi connectivity index (χ2v) is 4.90. The Bertz CT molecular complexity index is 969. The predicted molar refractivity (Wildman–Crippen MR) is 74.5 cm³/mol. The van der Waals surface area contributed by atoms with Crippen LogP contribution in [0, 0.1) is 0 Å². The van der Waals surface area contributed by atoms with Gasteiger partial charge in [0.15, 0.2) is 0 Å². The van der Waals surface area contributed by atoms with Gasteiger partial charge in [0.1, 0.15) is 12.3 Å².